The predicted octanol–water partition coefficient (Wildman–Crippen LogP) is 3.21. The molecule has 2 aromatic rings. The van der Waals surface area contributed by atoms with Crippen molar-refractivity contribution in [1.82, 2.24) is 9.97 Å². The molecule has 3 nitrogen and oxygen atoms in total. The van der Waals surface area contributed by atoms with E-state index >= 15 is 0 Å². The van der Waals surface area contributed by atoms with Crippen LogP contribution in [0, 0.1) is 26.7 Å². The minimum Gasteiger partial charge on any atom is -0.330 e. The third-order valence-corrected chi connectivity index (χ3v) is 3.64. The summed E-state index contributed by atoms with van der Waals surface area (Å²) >= 11 is 0. The highest BCUT2D eigenvalue weighted by molar-refractivity contribution is 5.61. The smallest absolute Gasteiger partial charge is 0.129 e. The van der Waals surface area contributed by atoms with Crippen molar-refractivity contribution >= 4 is 0 Å². The normalized spacial score (nSPS) is 12.4. The molecule has 0 aliphatic rings. The molecular weight excluding hydrogens is 246 g/mol. The van der Waals surface area contributed by atoms with Gasteiger partial charge in [0, 0.05) is 17.7 Å². The fourth-order valence-electron chi connectivity index (χ4n) is 2.16. The van der Waals surface area contributed by atoms with Crippen molar-refractivity contribution in [2.75, 3.05) is 6.54 Å². The first-order valence-electron chi connectivity index (χ1n) is 7.12. The van der Waals surface area contributed by atoms with Gasteiger partial charge in [-0.2, -0.15) is 0 Å². The van der Waals surface area contributed by atoms with Crippen LogP contribution in [0.1, 0.15) is 29.6 Å². The van der Waals surface area contributed by atoms with Crippen molar-refractivity contribution in [3.8, 4) is 11.3 Å². The zero-order valence-corrected chi connectivity index (χ0v) is 12.8. The van der Waals surface area contributed by atoms with Crippen LogP contribution in [0.25, 0.3) is 11.3 Å². The van der Waals surface area contributed by atoms with Gasteiger partial charge in [0.2, 0.25) is 0 Å². The first-order valence-corrected chi connectivity index (χ1v) is 7.12. The van der Waals surface area contributed by atoms with E-state index in [9.17, 15) is 0 Å². The van der Waals surface area contributed by atoms with Gasteiger partial charge < -0.3 is 5.73 Å². The molecule has 20 heavy (non-hydrogen) atoms. The number of rotatable bonds is 4. The molecule has 1 aromatic carbocycles. The quantitative estimate of drug-likeness (QED) is 0.927. The molecule has 1 atom stereocenters. The summed E-state index contributed by atoms with van der Waals surface area (Å²) in [6.45, 7) is 9.06. The molecule has 2 N–H and O–H groups in total. The molecule has 0 saturated carbocycles. The van der Waals surface area contributed by atoms with E-state index < -0.39 is 0 Å². The van der Waals surface area contributed by atoms with Gasteiger partial charge in [0.1, 0.15) is 5.82 Å². The second kappa shape index (κ2) is 6.14. The molecule has 1 aromatic heterocycles. The van der Waals surface area contributed by atoms with Gasteiger partial charge in [-0.1, -0.05) is 19.1 Å². The molecule has 2 rings (SSSR count). The van der Waals surface area contributed by atoms with E-state index in [4.69, 9.17) is 10.7 Å². The summed E-state index contributed by atoms with van der Waals surface area (Å²) in [7, 11) is 0. The number of aryl methyl sites for hydroxylation is 3. The Hall–Kier alpha value is -1.74. The average Bonchev–Trinajstić information content (AvgIpc) is 2.41. The van der Waals surface area contributed by atoms with Crippen molar-refractivity contribution in [3.63, 3.8) is 0 Å². The molecule has 3 heteroatoms. The van der Waals surface area contributed by atoms with E-state index in [-0.39, 0.29) is 0 Å². The highest BCUT2D eigenvalue weighted by Crippen LogP contribution is 2.21. The second-order valence-corrected chi connectivity index (χ2v) is 5.65. The predicted molar refractivity (Wildman–Crippen MR) is 83.6 cm³/mol. The molecule has 1 unspecified atom stereocenters. The lowest BCUT2D eigenvalue weighted by Gasteiger charge is -2.10. The van der Waals surface area contributed by atoms with E-state index in [1.807, 2.05) is 13.0 Å². The fourth-order valence-corrected chi connectivity index (χ4v) is 2.16. The number of nitrogens with zero attached hydrogens (tertiary/aromatic N) is 2. The Bertz CT molecular complexity index is 605. The van der Waals surface area contributed by atoms with Crippen LogP contribution < -0.4 is 5.73 Å². The Morgan fingerprint density at radius 2 is 1.80 bits per heavy atom. The van der Waals surface area contributed by atoms with E-state index in [0.717, 1.165) is 29.2 Å². The van der Waals surface area contributed by atoms with Gasteiger partial charge in [0.25, 0.3) is 0 Å². The Morgan fingerprint density at radius 3 is 2.45 bits per heavy atom. The summed E-state index contributed by atoms with van der Waals surface area (Å²) in [5.74, 6) is 1.29. The zero-order valence-electron chi connectivity index (χ0n) is 12.8. The molecule has 106 valence electrons. The average molecular weight is 269 g/mol. The topological polar surface area (TPSA) is 51.8 Å². The standard InChI is InChI=1S/C17H23N3/c1-11(10-18)7-17-19-14(4)9-16(20-17)15-6-5-12(2)13(3)8-15/h5-6,8-9,11H,7,10,18H2,1-4H3. The fraction of sp³-hybridized carbons (Fsp3) is 0.412. The molecule has 0 aliphatic heterocycles. The number of nitrogens with two attached hydrogens (primary N) is 1. The summed E-state index contributed by atoms with van der Waals surface area (Å²) < 4.78 is 0. The third kappa shape index (κ3) is 3.42. The van der Waals surface area contributed by atoms with E-state index in [2.05, 4.69) is 44.0 Å². The maximum absolute atomic E-state index is 5.69. The molecule has 0 spiro atoms. The number of aromatic nitrogens is 2. The van der Waals surface area contributed by atoms with Crippen LogP contribution in [-0.4, -0.2) is 16.5 Å². The molecule has 0 bridgehead atoms. The largest absolute Gasteiger partial charge is 0.330 e. The van der Waals surface area contributed by atoms with Crippen molar-refractivity contribution in [2.24, 2.45) is 11.7 Å². The van der Waals surface area contributed by atoms with Crippen molar-refractivity contribution in [2.45, 2.75) is 34.1 Å². The first kappa shape index (κ1) is 14.7. The summed E-state index contributed by atoms with van der Waals surface area (Å²) in [6.07, 6.45) is 0.829. The minimum atomic E-state index is 0.407. The number of benzene rings is 1. The Balaban J connectivity index is 2.38. The molecule has 0 amide bonds. The van der Waals surface area contributed by atoms with E-state index in [1.54, 1.807) is 0 Å². The van der Waals surface area contributed by atoms with E-state index in [1.165, 1.54) is 11.1 Å². The Kier molecular flexibility index (Phi) is 4.50. The van der Waals surface area contributed by atoms with Crippen LogP contribution in [0.5, 0.6) is 0 Å². The lowest BCUT2D eigenvalue weighted by molar-refractivity contribution is 0.573. The van der Waals surface area contributed by atoms with Crippen LogP contribution in [0.4, 0.5) is 0 Å². The minimum absolute atomic E-state index is 0.407. The van der Waals surface area contributed by atoms with Gasteiger partial charge in [-0.25, -0.2) is 9.97 Å². The third-order valence-electron chi connectivity index (χ3n) is 3.64. The lowest BCUT2D eigenvalue weighted by Crippen LogP contribution is -2.15. The highest BCUT2D eigenvalue weighted by atomic mass is 14.9. The molecule has 0 saturated heterocycles. The maximum atomic E-state index is 5.69. The van der Waals surface area contributed by atoms with Crippen LogP contribution in [0.3, 0.4) is 0 Å². The van der Waals surface area contributed by atoms with Crippen LogP contribution >= 0.6 is 0 Å². The van der Waals surface area contributed by atoms with Crippen molar-refractivity contribution in [1.29, 1.82) is 0 Å². The first-order chi connectivity index (χ1) is 9.49. The number of hydrogen-bond acceptors (Lipinski definition) is 3. The highest BCUT2D eigenvalue weighted by Gasteiger charge is 2.08. The molecule has 1 heterocycles. The molecular formula is C17H23N3. The lowest BCUT2D eigenvalue weighted by atomic mass is 10.0. The van der Waals surface area contributed by atoms with Gasteiger partial charge in [0.05, 0.1) is 5.69 Å². The molecule has 0 radical (unpaired) electrons. The summed E-state index contributed by atoms with van der Waals surface area (Å²) in [6, 6.07) is 8.50. The van der Waals surface area contributed by atoms with Crippen molar-refractivity contribution in [3.05, 3.63) is 46.9 Å². The molecule has 0 aliphatic carbocycles. The molecule has 0 fully saturated rings. The monoisotopic (exact) mass is 269 g/mol. The summed E-state index contributed by atoms with van der Waals surface area (Å²) in [5, 5.41) is 0. The van der Waals surface area contributed by atoms with Crippen molar-refractivity contribution < 1.29 is 0 Å². The second-order valence-electron chi connectivity index (χ2n) is 5.65. The Labute approximate surface area is 121 Å². The van der Waals surface area contributed by atoms with Gasteiger partial charge in [-0.15, -0.1) is 0 Å². The SMILES string of the molecule is Cc1cc(-c2ccc(C)c(C)c2)nc(CC(C)CN)n1. The van der Waals surface area contributed by atoms with Gasteiger partial charge >= 0.3 is 0 Å². The summed E-state index contributed by atoms with van der Waals surface area (Å²) in [4.78, 5) is 9.22. The maximum Gasteiger partial charge on any atom is 0.129 e. The van der Waals surface area contributed by atoms with E-state index in [0.29, 0.717) is 12.5 Å². The zero-order chi connectivity index (χ0) is 14.7. The van der Waals surface area contributed by atoms with Gasteiger partial charge in [0.15, 0.2) is 0 Å². The van der Waals surface area contributed by atoms with Gasteiger partial charge in [-0.3, -0.25) is 0 Å². The van der Waals surface area contributed by atoms with Crippen LogP contribution in [0.15, 0.2) is 24.3 Å². The van der Waals surface area contributed by atoms with Crippen LogP contribution in [0.2, 0.25) is 0 Å². The Morgan fingerprint density at radius 1 is 1.05 bits per heavy atom. The van der Waals surface area contributed by atoms with Crippen LogP contribution in [-0.2, 0) is 6.42 Å². The summed E-state index contributed by atoms with van der Waals surface area (Å²) in [5.41, 5.74) is 11.4. The number of hydrogen-bond donors (Lipinski definition) is 1. The van der Waals surface area contributed by atoms with Gasteiger partial charge in [-0.05, 0) is 56.5 Å².